The summed E-state index contributed by atoms with van der Waals surface area (Å²) < 4.78 is 5.35. The molecule has 12 heavy (non-hydrogen) atoms. The van der Waals surface area contributed by atoms with Crippen LogP contribution in [0, 0.1) is 0 Å². The Labute approximate surface area is 75.1 Å². The van der Waals surface area contributed by atoms with Crippen LogP contribution in [0.5, 0.6) is 0 Å². The van der Waals surface area contributed by atoms with Gasteiger partial charge in [0.25, 0.3) is 0 Å². The Morgan fingerprint density at radius 2 is 2.33 bits per heavy atom. The minimum atomic E-state index is 0.448. The number of likely N-dealkylation sites (tertiary alicyclic amines) is 1. The number of nitrogens with one attached hydrogen (secondary N) is 1. The molecule has 3 nitrogen and oxygen atoms in total. The minimum Gasteiger partial charge on any atom is -0.380 e. The summed E-state index contributed by atoms with van der Waals surface area (Å²) in [7, 11) is 3.81. The molecule has 1 N–H and O–H groups in total. The molecule has 1 saturated heterocycles. The van der Waals surface area contributed by atoms with Crippen molar-refractivity contribution >= 4 is 0 Å². The second-order valence-electron chi connectivity index (χ2n) is 3.39. The van der Waals surface area contributed by atoms with Crippen molar-refractivity contribution in [3.05, 3.63) is 0 Å². The van der Waals surface area contributed by atoms with Crippen LogP contribution in [0.15, 0.2) is 0 Å². The van der Waals surface area contributed by atoms with Crippen LogP contribution in [0.1, 0.15) is 13.3 Å². The lowest BCUT2D eigenvalue weighted by Gasteiger charge is -2.21. The van der Waals surface area contributed by atoms with Crippen LogP contribution >= 0.6 is 0 Å². The molecule has 0 radical (unpaired) electrons. The lowest BCUT2D eigenvalue weighted by molar-refractivity contribution is 0.109. The molecular weight excluding hydrogens is 152 g/mol. The molecule has 0 aromatic heterocycles. The van der Waals surface area contributed by atoms with Gasteiger partial charge in [-0.1, -0.05) is 6.92 Å². The van der Waals surface area contributed by atoms with Gasteiger partial charge < -0.3 is 10.1 Å². The summed E-state index contributed by atoms with van der Waals surface area (Å²) in [5.41, 5.74) is 0. The quantitative estimate of drug-likeness (QED) is 0.661. The molecule has 3 heteroatoms. The maximum atomic E-state index is 5.35. The zero-order valence-electron chi connectivity index (χ0n) is 8.34. The molecule has 1 aliphatic heterocycles. The fourth-order valence-electron chi connectivity index (χ4n) is 1.94. The number of likely N-dealkylation sites (N-methyl/N-ethyl adjacent to an activating group) is 2. The highest BCUT2D eigenvalue weighted by Crippen LogP contribution is 2.18. The van der Waals surface area contributed by atoms with Crippen LogP contribution in [-0.2, 0) is 4.74 Å². The lowest BCUT2D eigenvalue weighted by Crippen LogP contribution is -2.36. The predicted molar refractivity (Wildman–Crippen MR) is 50.4 cm³/mol. The van der Waals surface area contributed by atoms with E-state index in [1.165, 1.54) is 6.42 Å². The Kier molecular flexibility index (Phi) is 3.98. The van der Waals surface area contributed by atoms with E-state index in [1.807, 2.05) is 7.05 Å². The summed E-state index contributed by atoms with van der Waals surface area (Å²) in [6, 6.07) is 0.671. The molecule has 2 atom stereocenters. The molecule has 0 bridgehead atoms. The maximum Gasteiger partial charge on any atom is 0.0713 e. The van der Waals surface area contributed by atoms with Crippen molar-refractivity contribution in [1.82, 2.24) is 10.2 Å². The summed E-state index contributed by atoms with van der Waals surface area (Å²) in [5.74, 6) is 0. The van der Waals surface area contributed by atoms with Gasteiger partial charge in [0, 0.05) is 26.2 Å². The van der Waals surface area contributed by atoms with Crippen LogP contribution in [0.2, 0.25) is 0 Å². The number of nitrogens with zero attached hydrogens (tertiary/aromatic N) is 1. The van der Waals surface area contributed by atoms with E-state index in [1.54, 1.807) is 7.11 Å². The highest BCUT2D eigenvalue weighted by atomic mass is 16.5. The monoisotopic (exact) mass is 172 g/mol. The van der Waals surface area contributed by atoms with Gasteiger partial charge in [0.1, 0.15) is 0 Å². The summed E-state index contributed by atoms with van der Waals surface area (Å²) in [4.78, 5) is 2.48. The van der Waals surface area contributed by atoms with Crippen molar-refractivity contribution in [1.29, 1.82) is 0 Å². The standard InChI is InChI=1S/C9H20N2O/c1-4-11-7-9(12-3)5-8(11)6-10-2/h8-10H,4-7H2,1-3H3/t8-,9?/m0/s1. The molecule has 0 aliphatic carbocycles. The van der Waals surface area contributed by atoms with Gasteiger partial charge in [-0.2, -0.15) is 0 Å². The van der Waals surface area contributed by atoms with Gasteiger partial charge in [-0.05, 0) is 20.0 Å². The molecule has 0 aromatic rings. The van der Waals surface area contributed by atoms with E-state index in [2.05, 4.69) is 17.1 Å². The van der Waals surface area contributed by atoms with E-state index in [0.29, 0.717) is 12.1 Å². The zero-order valence-corrected chi connectivity index (χ0v) is 8.34. The first-order chi connectivity index (χ1) is 5.81. The molecule has 1 aliphatic rings. The topological polar surface area (TPSA) is 24.5 Å². The molecule has 1 rings (SSSR count). The van der Waals surface area contributed by atoms with Gasteiger partial charge in [-0.25, -0.2) is 0 Å². The number of rotatable bonds is 4. The van der Waals surface area contributed by atoms with Gasteiger partial charge in [0.15, 0.2) is 0 Å². The highest BCUT2D eigenvalue weighted by Gasteiger charge is 2.29. The van der Waals surface area contributed by atoms with E-state index in [4.69, 9.17) is 4.74 Å². The van der Waals surface area contributed by atoms with Gasteiger partial charge in [0.2, 0.25) is 0 Å². The number of hydrogen-bond acceptors (Lipinski definition) is 3. The Hall–Kier alpha value is -0.120. The molecular formula is C9H20N2O. The van der Waals surface area contributed by atoms with Crippen molar-refractivity contribution in [3.8, 4) is 0 Å². The van der Waals surface area contributed by atoms with Crippen molar-refractivity contribution < 1.29 is 4.74 Å². The first-order valence-corrected chi connectivity index (χ1v) is 4.73. The van der Waals surface area contributed by atoms with E-state index in [9.17, 15) is 0 Å². The highest BCUT2D eigenvalue weighted by molar-refractivity contribution is 4.86. The third-order valence-corrected chi connectivity index (χ3v) is 2.67. The Balaban J connectivity index is 2.39. The van der Waals surface area contributed by atoms with E-state index >= 15 is 0 Å². The van der Waals surface area contributed by atoms with Crippen LogP contribution < -0.4 is 5.32 Å². The van der Waals surface area contributed by atoms with Crippen molar-refractivity contribution in [3.63, 3.8) is 0 Å². The smallest absolute Gasteiger partial charge is 0.0713 e. The Morgan fingerprint density at radius 3 is 2.83 bits per heavy atom. The minimum absolute atomic E-state index is 0.448. The molecule has 1 unspecified atom stereocenters. The normalized spacial score (nSPS) is 31.2. The molecule has 0 spiro atoms. The third-order valence-electron chi connectivity index (χ3n) is 2.67. The summed E-state index contributed by atoms with van der Waals surface area (Å²) in [6.07, 6.45) is 1.62. The van der Waals surface area contributed by atoms with Gasteiger partial charge in [-0.3, -0.25) is 4.90 Å². The van der Waals surface area contributed by atoms with E-state index in [0.717, 1.165) is 19.6 Å². The van der Waals surface area contributed by atoms with Crippen LogP contribution in [0.3, 0.4) is 0 Å². The maximum absolute atomic E-state index is 5.35. The Morgan fingerprint density at radius 1 is 1.58 bits per heavy atom. The summed E-state index contributed by atoms with van der Waals surface area (Å²) in [6.45, 7) is 5.51. The lowest BCUT2D eigenvalue weighted by atomic mass is 10.2. The van der Waals surface area contributed by atoms with Gasteiger partial charge in [-0.15, -0.1) is 0 Å². The SMILES string of the molecule is CCN1CC(OC)C[C@H]1CNC. The van der Waals surface area contributed by atoms with Gasteiger partial charge in [0.05, 0.1) is 6.10 Å². The molecule has 1 fully saturated rings. The number of methoxy groups -OCH3 is 1. The molecule has 0 aromatic carbocycles. The van der Waals surface area contributed by atoms with Crippen LogP contribution in [0.25, 0.3) is 0 Å². The zero-order chi connectivity index (χ0) is 8.97. The summed E-state index contributed by atoms with van der Waals surface area (Å²) in [5, 5.41) is 3.22. The first kappa shape index (κ1) is 9.96. The second-order valence-corrected chi connectivity index (χ2v) is 3.39. The third kappa shape index (κ3) is 2.19. The van der Waals surface area contributed by atoms with Crippen molar-refractivity contribution in [2.75, 3.05) is 33.8 Å². The summed E-state index contributed by atoms with van der Waals surface area (Å²) >= 11 is 0. The number of ether oxygens (including phenoxy) is 1. The Bertz CT molecular complexity index is 130. The fraction of sp³-hybridized carbons (Fsp3) is 1.00. The molecule has 0 saturated carbocycles. The average molecular weight is 172 g/mol. The first-order valence-electron chi connectivity index (χ1n) is 4.73. The number of hydrogen-bond donors (Lipinski definition) is 1. The average Bonchev–Trinajstić information content (AvgIpc) is 2.48. The second kappa shape index (κ2) is 4.80. The van der Waals surface area contributed by atoms with Crippen LogP contribution in [0.4, 0.5) is 0 Å². The largest absolute Gasteiger partial charge is 0.380 e. The van der Waals surface area contributed by atoms with E-state index < -0.39 is 0 Å². The van der Waals surface area contributed by atoms with Crippen molar-refractivity contribution in [2.24, 2.45) is 0 Å². The molecule has 0 amide bonds. The van der Waals surface area contributed by atoms with E-state index in [-0.39, 0.29) is 0 Å². The van der Waals surface area contributed by atoms with Crippen molar-refractivity contribution in [2.45, 2.75) is 25.5 Å². The molecule has 1 heterocycles. The van der Waals surface area contributed by atoms with Crippen LogP contribution in [-0.4, -0.2) is 50.8 Å². The fourth-order valence-corrected chi connectivity index (χ4v) is 1.94. The van der Waals surface area contributed by atoms with Gasteiger partial charge >= 0.3 is 0 Å². The predicted octanol–water partition coefficient (Wildman–Crippen LogP) is 0.315. The molecule has 72 valence electrons.